The minimum Gasteiger partial charge on any atom is -0.342 e. The standard InChI is InChI=1S/C20H31N3O.2ClH/c1-16(21)18-9-6-12-23(15-18)20(24)19-10-5-11-22(14-19)13-17-7-3-2-4-8-17;;/h2-4,7-8,16,18-19H,5-6,9-15,21H2,1H3;2*1H. The van der Waals surface area contributed by atoms with Crippen molar-refractivity contribution in [3.05, 3.63) is 35.9 Å². The van der Waals surface area contributed by atoms with E-state index in [4.69, 9.17) is 5.73 Å². The van der Waals surface area contributed by atoms with Gasteiger partial charge < -0.3 is 10.6 Å². The zero-order valence-electron chi connectivity index (χ0n) is 15.7. The highest BCUT2D eigenvalue weighted by molar-refractivity contribution is 5.85. The Hall–Kier alpha value is -0.810. The average molecular weight is 402 g/mol. The van der Waals surface area contributed by atoms with Gasteiger partial charge >= 0.3 is 0 Å². The van der Waals surface area contributed by atoms with Crippen LogP contribution in [0.1, 0.15) is 38.2 Å². The summed E-state index contributed by atoms with van der Waals surface area (Å²) in [5.41, 5.74) is 7.40. The Balaban J connectivity index is 0.00000169. The number of carbonyl (C=O) groups is 1. The van der Waals surface area contributed by atoms with Crippen molar-refractivity contribution in [3.63, 3.8) is 0 Å². The molecule has 0 spiro atoms. The van der Waals surface area contributed by atoms with Crippen molar-refractivity contribution in [2.75, 3.05) is 26.2 Å². The van der Waals surface area contributed by atoms with E-state index in [2.05, 4.69) is 47.1 Å². The Morgan fingerprint density at radius 1 is 1.12 bits per heavy atom. The van der Waals surface area contributed by atoms with Gasteiger partial charge in [-0.25, -0.2) is 0 Å². The lowest BCUT2D eigenvalue weighted by atomic mass is 9.90. The minimum atomic E-state index is 0. The summed E-state index contributed by atoms with van der Waals surface area (Å²) in [5.74, 6) is 0.985. The van der Waals surface area contributed by atoms with E-state index >= 15 is 0 Å². The molecule has 3 unspecified atom stereocenters. The van der Waals surface area contributed by atoms with E-state index in [1.165, 1.54) is 5.56 Å². The molecule has 2 aliphatic rings. The van der Waals surface area contributed by atoms with Crippen molar-refractivity contribution in [2.45, 2.75) is 45.2 Å². The molecule has 148 valence electrons. The van der Waals surface area contributed by atoms with Gasteiger partial charge in [-0.1, -0.05) is 30.3 Å². The van der Waals surface area contributed by atoms with Crippen LogP contribution in [0.5, 0.6) is 0 Å². The maximum Gasteiger partial charge on any atom is 0.226 e. The van der Waals surface area contributed by atoms with E-state index in [-0.39, 0.29) is 36.8 Å². The third-order valence-corrected chi connectivity index (χ3v) is 5.62. The fourth-order valence-electron chi connectivity index (χ4n) is 4.14. The smallest absolute Gasteiger partial charge is 0.226 e. The lowest BCUT2D eigenvalue weighted by molar-refractivity contribution is -0.139. The molecule has 3 rings (SSSR count). The summed E-state index contributed by atoms with van der Waals surface area (Å²) in [6.07, 6.45) is 4.40. The molecule has 4 nitrogen and oxygen atoms in total. The molecule has 0 aliphatic carbocycles. The second kappa shape index (κ2) is 11.1. The van der Waals surface area contributed by atoms with E-state index in [0.717, 1.165) is 58.4 Å². The van der Waals surface area contributed by atoms with Crippen molar-refractivity contribution >= 4 is 30.7 Å². The van der Waals surface area contributed by atoms with Crippen LogP contribution in [0, 0.1) is 11.8 Å². The summed E-state index contributed by atoms with van der Waals surface area (Å²) in [5, 5.41) is 0. The van der Waals surface area contributed by atoms with Crippen molar-refractivity contribution in [1.82, 2.24) is 9.80 Å². The molecular weight excluding hydrogens is 369 g/mol. The van der Waals surface area contributed by atoms with Crippen LogP contribution >= 0.6 is 24.8 Å². The number of piperidine rings is 2. The molecule has 2 saturated heterocycles. The maximum absolute atomic E-state index is 13.0. The zero-order valence-corrected chi connectivity index (χ0v) is 17.3. The second-order valence-electron chi connectivity index (χ2n) is 7.61. The van der Waals surface area contributed by atoms with E-state index < -0.39 is 0 Å². The number of carbonyl (C=O) groups excluding carboxylic acids is 1. The predicted octanol–water partition coefficient (Wildman–Crippen LogP) is 3.33. The molecule has 0 aromatic heterocycles. The van der Waals surface area contributed by atoms with Crippen LogP contribution in [0.3, 0.4) is 0 Å². The summed E-state index contributed by atoms with van der Waals surface area (Å²) in [7, 11) is 0. The number of likely N-dealkylation sites (tertiary alicyclic amines) is 2. The van der Waals surface area contributed by atoms with E-state index in [0.29, 0.717) is 11.8 Å². The summed E-state index contributed by atoms with van der Waals surface area (Å²) in [6, 6.07) is 10.7. The summed E-state index contributed by atoms with van der Waals surface area (Å²) in [6.45, 7) is 6.78. The number of hydrogen-bond donors (Lipinski definition) is 1. The van der Waals surface area contributed by atoms with Crippen molar-refractivity contribution in [1.29, 1.82) is 0 Å². The predicted molar refractivity (Wildman–Crippen MR) is 112 cm³/mol. The quantitative estimate of drug-likeness (QED) is 0.841. The minimum absolute atomic E-state index is 0. The normalized spacial score (nSPS) is 24.9. The fraction of sp³-hybridized carbons (Fsp3) is 0.650. The van der Waals surface area contributed by atoms with Gasteiger partial charge in [0.05, 0.1) is 5.92 Å². The maximum atomic E-state index is 13.0. The highest BCUT2D eigenvalue weighted by atomic mass is 35.5. The van der Waals surface area contributed by atoms with Crippen LogP contribution in [0.15, 0.2) is 30.3 Å². The molecule has 2 fully saturated rings. The molecule has 1 aromatic rings. The van der Waals surface area contributed by atoms with Crippen LogP contribution in [-0.4, -0.2) is 47.9 Å². The Labute approximate surface area is 170 Å². The number of halogens is 2. The number of nitrogens with two attached hydrogens (primary N) is 1. The largest absolute Gasteiger partial charge is 0.342 e. The van der Waals surface area contributed by atoms with E-state index in [1.54, 1.807) is 0 Å². The van der Waals surface area contributed by atoms with Crippen molar-refractivity contribution in [2.24, 2.45) is 17.6 Å². The van der Waals surface area contributed by atoms with Gasteiger partial charge in [0.25, 0.3) is 0 Å². The van der Waals surface area contributed by atoms with Gasteiger partial charge in [0.2, 0.25) is 5.91 Å². The molecule has 26 heavy (non-hydrogen) atoms. The van der Waals surface area contributed by atoms with Gasteiger partial charge in [0.1, 0.15) is 0 Å². The van der Waals surface area contributed by atoms with Gasteiger partial charge in [-0.3, -0.25) is 9.69 Å². The monoisotopic (exact) mass is 401 g/mol. The van der Waals surface area contributed by atoms with E-state index in [9.17, 15) is 4.79 Å². The first-order chi connectivity index (χ1) is 11.6. The molecule has 2 aliphatic heterocycles. The molecule has 6 heteroatoms. The molecule has 1 aromatic carbocycles. The van der Waals surface area contributed by atoms with Gasteiger partial charge in [0.15, 0.2) is 0 Å². The summed E-state index contributed by atoms with van der Waals surface area (Å²) < 4.78 is 0. The third-order valence-electron chi connectivity index (χ3n) is 5.62. The van der Waals surface area contributed by atoms with Crippen molar-refractivity contribution < 1.29 is 4.79 Å². The highest BCUT2D eigenvalue weighted by Gasteiger charge is 2.32. The molecule has 2 N–H and O–H groups in total. The third kappa shape index (κ3) is 6.12. The first-order valence-electron chi connectivity index (χ1n) is 9.44. The van der Waals surface area contributed by atoms with Crippen LogP contribution in [0.2, 0.25) is 0 Å². The second-order valence-corrected chi connectivity index (χ2v) is 7.61. The van der Waals surface area contributed by atoms with Gasteiger partial charge in [0, 0.05) is 32.2 Å². The molecule has 0 radical (unpaired) electrons. The van der Waals surface area contributed by atoms with Crippen LogP contribution in [0.4, 0.5) is 0 Å². The first-order valence-corrected chi connectivity index (χ1v) is 9.44. The number of amides is 1. The number of benzene rings is 1. The van der Waals surface area contributed by atoms with Crippen LogP contribution < -0.4 is 5.73 Å². The van der Waals surface area contributed by atoms with Crippen LogP contribution in [-0.2, 0) is 11.3 Å². The first kappa shape index (κ1) is 23.2. The van der Waals surface area contributed by atoms with Gasteiger partial charge in [-0.05, 0) is 50.6 Å². The molecule has 1 amide bonds. The Morgan fingerprint density at radius 2 is 1.81 bits per heavy atom. The number of nitrogens with zero attached hydrogens (tertiary/aromatic N) is 2. The summed E-state index contributed by atoms with van der Waals surface area (Å²) >= 11 is 0. The molecular formula is C20H33Cl2N3O. The van der Waals surface area contributed by atoms with Gasteiger partial charge in [-0.2, -0.15) is 0 Å². The van der Waals surface area contributed by atoms with E-state index in [1.807, 2.05) is 0 Å². The molecule has 3 atom stereocenters. The molecule has 2 heterocycles. The SMILES string of the molecule is CC(N)C1CCCN(C(=O)C2CCCN(Cc3ccccc3)C2)C1.Cl.Cl. The fourth-order valence-corrected chi connectivity index (χ4v) is 4.14. The zero-order chi connectivity index (χ0) is 16.9. The lowest BCUT2D eigenvalue weighted by Gasteiger charge is -2.39. The Morgan fingerprint density at radius 3 is 2.50 bits per heavy atom. The van der Waals surface area contributed by atoms with Crippen LogP contribution in [0.25, 0.3) is 0 Å². The van der Waals surface area contributed by atoms with Crippen molar-refractivity contribution in [3.8, 4) is 0 Å². The topological polar surface area (TPSA) is 49.6 Å². The number of hydrogen-bond acceptors (Lipinski definition) is 3. The summed E-state index contributed by atoms with van der Waals surface area (Å²) in [4.78, 5) is 17.5. The lowest BCUT2D eigenvalue weighted by Crippen LogP contribution is -2.50. The Kier molecular flexibility index (Phi) is 9.94. The molecule has 0 saturated carbocycles. The Bertz CT molecular complexity index is 541. The molecule has 0 bridgehead atoms. The van der Waals surface area contributed by atoms with Gasteiger partial charge in [-0.15, -0.1) is 24.8 Å². The number of rotatable bonds is 4. The highest BCUT2D eigenvalue weighted by Crippen LogP contribution is 2.25. The average Bonchev–Trinajstić information content (AvgIpc) is 2.62.